The van der Waals surface area contributed by atoms with Gasteiger partial charge >= 0.3 is 12.1 Å². The van der Waals surface area contributed by atoms with Gasteiger partial charge in [0, 0.05) is 11.1 Å². The lowest BCUT2D eigenvalue weighted by Crippen LogP contribution is -2.09. The molecule has 0 aliphatic rings. The molecule has 0 atom stereocenters. The zero-order valence-corrected chi connectivity index (χ0v) is 8.82. The fourth-order valence-electron chi connectivity index (χ4n) is 1.61. The molecule has 18 heavy (non-hydrogen) atoms. The molecule has 4 nitrogen and oxygen atoms in total. The Morgan fingerprint density at radius 3 is 2.56 bits per heavy atom. The summed E-state index contributed by atoms with van der Waals surface area (Å²) in [6.45, 7) is 0. The molecule has 0 amide bonds. The van der Waals surface area contributed by atoms with E-state index in [-0.39, 0.29) is 11.1 Å². The maximum absolute atomic E-state index is 12.8. The van der Waals surface area contributed by atoms with E-state index in [0.717, 1.165) is 12.1 Å². The van der Waals surface area contributed by atoms with Gasteiger partial charge in [-0.05, 0) is 12.1 Å². The van der Waals surface area contributed by atoms with Crippen molar-refractivity contribution in [2.75, 3.05) is 5.73 Å². The first-order chi connectivity index (χ1) is 8.30. The van der Waals surface area contributed by atoms with Crippen LogP contribution in [0.3, 0.4) is 0 Å². The van der Waals surface area contributed by atoms with Crippen LogP contribution in [-0.4, -0.2) is 16.1 Å². The number of benzene rings is 1. The van der Waals surface area contributed by atoms with E-state index in [0.29, 0.717) is 0 Å². The summed E-state index contributed by atoms with van der Waals surface area (Å²) in [7, 11) is 0. The third-order valence-electron chi connectivity index (χ3n) is 2.40. The summed E-state index contributed by atoms with van der Waals surface area (Å²) in [6, 6.07) is 4.42. The highest BCUT2D eigenvalue weighted by molar-refractivity contribution is 5.97. The van der Waals surface area contributed by atoms with Crippen molar-refractivity contribution in [1.82, 2.24) is 4.98 Å². The Morgan fingerprint density at radius 1 is 1.33 bits per heavy atom. The van der Waals surface area contributed by atoms with Gasteiger partial charge in [0.1, 0.15) is 0 Å². The lowest BCUT2D eigenvalue weighted by atomic mass is 10.1. The molecule has 0 unspecified atom stereocenters. The number of hydrogen-bond donors (Lipinski definition) is 2. The van der Waals surface area contributed by atoms with Gasteiger partial charge in [-0.3, -0.25) is 0 Å². The van der Waals surface area contributed by atoms with Crippen LogP contribution < -0.4 is 5.73 Å². The van der Waals surface area contributed by atoms with Crippen LogP contribution in [0.4, 0.5) is 18.9 Å². The number of carbonyl (C=O) groups is 1. The molecule has 2 aromatic rings. The monoisotopic (exact) mass is 256 g/mol. The molecule has 1 aromatic heterocycles. The molecular weight excluding hydrogens is 249 g/mol. The van der Waals surface area contributed by atoms with E-state index < -0.39 is 28.9 Å². The van der Waals surface area contributed by atoms with Gasteiger partial charge in [-0.15, -0.1) is 0 Å². The van der Waals surface area contributed by atoms with Gasteiger partial charge in [0.25, 0.3) is 0 Å². The van der Waals surface area contributed by atoms with Crippen LogP contribution in [0.2, 0.25) is 0 Å². The molecule has 3 N–H and O–H groups in total. The second kappa shape index (κ2) is 3.86. The smallest absolute Gasteiger partial charge is 0.418 e. The highest BCUT2D eigenvalue weighted by Gasteiger charge is 2.33. The van der Waals surface area contributed by atoms with Gasteiger partial charge in [-0.25, -0.2) is 9.78 Å². The van der Waals surface area contributed by atoms with E-state index >= 15 is 0 Å². The Bertz CT molecular complexity index is 638. The molecule has 0 saturated heterocycles. The molecular formula is C11H7F3N2O2. The Hall–Kier alpha value is -2.31. The largest absolute Gasteiger partial charge is 0.477 e. The summed E-state index contributed by atoms with van der Waals surface area (Å²) >= 11 is 0. The summed E-state index contributed by atoms with van der Waals surface area (Å²) in [5, 5.41) is 8.84. The number of carboxylic acids is 1. The summed E-state index contributed by atoms with van der Waals surface area (Å²) < 4.78 is 38.3. The Labute approximate surface area is 98.9 Å². The number of fused-ring (bicyclic) bond motifs is 1. The maximum Gasteiger partial charge on any atom is 0.418 e. The summed E-state index contributed by atoms with van der Waals surface area (Å²) in [6.07, 6.45) is -4.62. The lowest BCUT2D eigenvalue weighted by Gasteiger charge is -2.11. The molecule has 0 fully saturated rings. The van der Waals surface area contributed by atoms with Crippen molar-refractivity contribution in [1.29, 1.82) is 0 Å². The topological polar surface area (TPSA) is 76.2 Å². The highest BCUT2D eigenvalue weighted by atomic mass is 19.4. The number of alkyl halides is 3. The third-order valence-corrected chi connectivity index (χ3v) is 2.40. The molecule has 2 rings (SSSR count). The SMILES string of the molecule is Nc1cc(C(=O)O)nc2c(C(F)(F)F)cccc12. The Balaban J connectivity index is 2.86. The van der Waals surface area contributed by atoms with Crippen LogP contribution in [0.25, 0.3) is 10.9 Å². The Morgan fingerprint density at radius 2 is 2.00 bits per heavy atom. The third kappa shape index (κ3) is 1.94. The normalized spacial score (nSPS) is 11.7. The molecule has 0 saturated carbocycles. The second-order valence-corrected chi connectivity index (χ2v) is 3.60. The molecule has 0 spiro atoms. The minimum atomic E-state index is -4.62. The van der Waals surface area contributed by atoms with E-state index in [1.54, 1.807) is 0 Å². The summed E-state index contributed by atoms with van der Waals surface area (Å²) in [5.74, 6) is -1.43. The van der Waals surface area contributed by atoms with Crippen molar-refractivity contribution in [2.45, 2.75) is 6.18 Å². The van der Waals surface area contributed by atoms with Crippen molar-refractivity contribution in [3.05, 3.63) is 35.5 Å². The highest BCUT2D eigenvalue weighted by Crippen LogP contribution is 2.35. The number of carboxylic acid groups (broad SMARTS) is 1. The van der Waals surface area contributed by atoms with Crippen molar-refractivity contribution >= 4 is 22.6 Å². The van der Waals surface area contributed by atoms with E-state index in [4.69, 9.17) is 10.8 Å². The van der Waals surface area contributed by atoms with Gasteiger partial charge in [0.05, 0.1) is 11.1 Å². The second-order valence-electron chi connectivity index (χ2n) is 3.60. The molecule has 7 heteroatoms. The van der Waals surface area contributed by atoms with E-state index in [1.165, 1.54) is 12.1 Å². The number of para-hydroxylation sites is 1. The number of rotatable bonds is 1. The van der Waals surface area contributed by atoms with Crippen molar-refractivity contribution in [2.24, 2.45) is 0 Å². The number of nitrogens with zero attached hydrogens (tertiary/aromatic N) is 1. The van der Waals surface area contributed by atoms with Crippen LogP contribution in [0.5, 0.6) is 0 Å². The fourth-order valence-corrected chi connectivity index (χ4v) is 1.61. The number of aromatic carboxylic acids is 1. The average Bonchev–Trinajstić information content (AvgIpc) is 2.26. The molecule has 0 bridgehead atoms. The number of nitrogens with two attached hydrogens (primary N) is 1. The number of pyridine rings is 1. The number of halogens is 3. The van der Waals surface area contributed by atoms with Gasteiger partial charge in [-0.2, -0.15) is 13.2 Å². The predicted molar refractivity (Wildman–Crippen MR) is 58.1 cm³/mol. The lowest BCUT2D eigenvalue weighted by molar-refractivity contribution is -0.136. The van der Waals surface area contributed by atoms with Crippen LogP contribution in [0.15, 0.2) is 24.3 Å². The fraction of sp³-hybridized carbons (Fsp3) is 0.0909. The van der Waals surface area contributed by atoms with Crippen molar-refractivity contribution in [3.8, 4) is 0 Å². The maximum atomic E-state index is 12.8. The predicted octanol–water partition coefficient (Wildman–Crippen LogP) is 2.53. The summed E-state index contributed by atoms with van der Waals surface area (Å²) in [4.78, 5) is 14.3. The van der Waals surface area contributed by atoms with E-state index in [9.17, 15) is 18.0 Å². The van der Waals surface area contributed by atoms with Crippen LogP contribution in [0, 0.1) is 0 Å². The molecule has 0 aliphatic heterocycles. The number of aromatic nitrogens is 1. The molecule has 0 radical (unpaired) electrons. The van der Waals surface area contributed by atoms with Crippen LogP contribution in [-0.2, 0) is 6.18 Å². The average molecular weight is 256 g/mol. The molecule has 1 heterocycles. The zero-order chi connectivity index (χ0) is 13.5. The van der Waals surface area contributed by atoms with E-state index in [2.05, 4.69) is 4.98 Å². The first-order valence-corrected chi connectivity index (χ1v) is 4.80. The van der Waals surface area contributed by atoms with Gasteiger partial charge in [-0.1, -0.05) is 12.1 Å². The van der Waals surface area contributed by atoms with Gasteiger partial charge in [0.2, 0.25) is 0 Å². The molecule has 0 aliphatic carbocycles. The standard InChI is InChI=1S/C11H7F3N2O2/c12-11(13,14)6-3-1-2-5-7(15)4-8(10(17)18)16-9(5)6/h1-4H,(H2,15,16)(H,17,18). The van der Waals surface area contributed by atoms with Gasteiger partial charge in [0.15, 0.2) is 5.69 Å². The molecule has 94 valence electrons. The van der Waals surface area contributed by atoms with Crippen LogP contribution in [0.1, 0.15) is 16.1 Å². The first kappa shape index (κ1) is 12.2. The number of hydrogen-bond acceptors (Lipinski definition) is 3. The number of nitrogen functional groups attached to an aromatic ring is 1. The quantitative estimate of drug-likeness (QED) is 0.822. The Kier molecular flexibility index (Phi) is 2.61. The van der Waals surface area contributed by atoms with Crippen molar-refractivity contribution < 1.29 is 23.1 Å². The molecule has 1 aromatic carbocycles. The minimum Gasteiger partial charge on any atom is -0.477 e. The van der Waals surface area contributed by atoms with Gasteiger partial charge < -0.3 is 10.8 Å². The van der Waals surface area contributed by atoms with Crippen molar-refractivity contribution in [3.63, 3.8) is 0 Å². The van der Waals surface area contributed by atoms with E-state index in [1.807, 2.05) is 0 Å². The minimum absolute atomic E-state index is 0.0523. The zero-order valence-electron chi connectivity index (χ0n) is 8.82. The summed E-state index contributed by atoms with van der Waals surface area (Å²) in [5.41, 5.74) is 3.51. The first-order valence-electron chi connectivity index (χ1n) is 4.80. The van der Waals surface area contributed by atoms with Crippen LogP contribution >= 0.6 is 0 Å². The number of anilines is 1.